The minimum Gasteiger partial charge on any atom is -0.388 e. The molecule has 0 unspecified atom stereocenters. The van der Waals surface area contributed by atoms with Crippen LogP contribution in [0.4, 0.5) is 0 Å². The number of aliphatic hydroxyl groups is 3. The van der Waals surface area contributed by atoms with Crippen LogP contribution < -0.4 is 0 Å². The first kappa shape index (κ1) is 20.8. The molecule has 4 atom stereocenters. The maximum atomic E-state index is 9.88. The third kappa shape index (κ3) is 9.01. The smallest absolute Gasteiger partial charge is 0.114 e. The van der Waals surface area contributed by atoms with Gasteiger partial charge in [-0.15, -0.1) is 0 Å². The van der Waals surface area contributed by atoms with Crippen LogP contribution in [0.1, 0.15) is 71.1 Å². The Morgan fingerprint density at radius 3 is 2.04 bits per heavy atom. The minimum atomic E-state index is -1.02. The van der Waals surface area contributed by atoms with Crippen LogP contribution in [0.25, 0.3) is 0 Å². The fraction of sp³-hybridized carbons (Fsp3) is 1.00. The number of aliphatic hydroxyl groups excluding tert-OH is 3. The highest BCUT2D eigenvalue weighted by Gasteiger charge is 2.39. The summed E-state index contributed by atoms with van der Waals surface area (Å²) in [5.41, 5.74) is 0. The van der Waals surface area contributed by atoms with Gasteiger partial charge in [0.05, 0.1) is 13.2 Å². The van der Waals surface area contributed by atoms with Crippen molar-refractivity contribution >= 4 is 0 Å². The molecule has 0 aliphatic carbocycles. The van der Waals surface area contributed by atoms with Gasteiger partial charge < -0.3 is 24.8 Å². The third-order valence-electron chi connectivity index (χ3n) is 4.50. The van der Waals surface area contributed by atoms with E-state index in [9.17, 15) is 15.3 Å². The molecule has 0 aromatic heterocycles. The average molecular weight is 332 g/mol. The molecule has 1 fully saturated rings. The first-order valence-corrected chi connectivity index (χ1v) is 9.40. The van der Waals surface area contributed by atoms with Crippen LogP contribution in [0.3, 0.4) is 0 Å². The standard InChI is InChI=1S/C18H36O5/c1-2-3-4-5-6-7-8-9-10-11-12-22-13-16(20)18-17(21)15(19)14-23-18/h15-21H,2-14H2,1H3/t15-,16+,17+,18+/m0/s1. The number of unbranched alkanes of at least 4 members (excludes halogenated alkanes) is 9. The molecule has 0 spiro atoms. The summed E-state index contributed by atoms with van der Waals surface area (Å²) in [5.74, 6) is 0. The van der Waals surface area contributed by atoms with Crippen LogP contribution in [0.5, 0.6) is 0 Å². The number of hydrogen-bond donors (Lipinski definition) is 3. The first-order valence-electron chi connectivity index (χ1n) is 9.40. The Kier molecular flexibility index (Phi) is 11.9. The lowest BCUT2D eigenvalue weighted by atomic mass is 10.1. The summed E-state index contributed by atoms with van der Waals surface area (Å²) in [5, 5.41) is 28.9. The SMILES string of the molecule is CCCCCCCCCCCCOC[C@@H](O)[C@H]1OC[C@H](O)[C@H]1O. The van der Waals surface area contributed by atoms with Gasteiger partial charge in [0, 0.05) is 6.61 Å². The quantitative estimate of drug-likeness (QED) is 0.426. The van der Waals surface area contributed by atoms with Gasteiger partial charge in [0.25, 0.3) is 0 Å². The zero-order valence-electron chi connectivity index (χ0n) is 14.7. The molecule has 0 aromatic rings. The zero-order valence-corrected chi connectivity index (χ0v) is 14.7. The van der Waals surface area contributed by atoms with Crippen molar-refractivity contribution in [3.05, 3.63) is 0 Å². The molecule has 0 amide bonds. The van der Waals surface area contributed by atoms with Crippen LogP contribution in [0.2, 0.25) is 0 Å². The molecule has 1 aliphatic heterocycles. The Hall–Kier alpha value is -0.200. The lowest BCUT2D eigenvalue weighted by molar-refractivity contribution is -0.0813. The Morgan fingerprint density at radius 1 is 0.957 bits per heavy atom. The number of ether oxygens (including phenoxy) is 2. The van der Waals surface area contributed by atoms with Crippen LogP contribution in [-0.2, 0) is 9.47 Å². The summed E-state index contributed by atoms with van der Waals surface area (Å²) in [6.07, 6.45) is 9.27. The van der Waals surface area contributed by atoms with Crippen LogP contribution in [-0.4, -0.2) is 59.6 Å². The van der Waals surface area contributed by atoms with Crippen molar-refractivity contribution in [2.24, 2.45) is 0 Å². The summed E-state index contributed by atoms with van der Waals surface area (Å²) < 4.78 is 10.6. The van der Waals surface area contributed by atoms with Crippen molar-refractivity contribution in [3.8, 4) is 0 Å². The number of rotatable bonds is 14. The topological polar surface area (TPSA) is 79.2 Å². The highest BCUT2D eigenvalue weighted by atomic mass is 16.5. The Labute approximate surface area is 141 Å². The molecule has 1 aliphatic rings. The molecule has 138 valence electrons. The monoisotopic (exact) mass is 332 g/mol. The fourth-order valence-corrected chi connectivity index (χ4v) is 2.95. The van der Waals surface area contributed by atoms with E-state index < -0.39 is 24.4 Å². The van der Waals surface area contributed by atoms with Crippen molar-refractivity contribution in [1.29, 1.82) is 0 Å². The second-order valence-electron chi connectivity index (χ2n) is 6.68. The van der Waals surface area contributed by atoms with Gasteiger partial charge in [0.15, 0.2) is 0 Å². The number of hydrogen-bond acceptors (Lipinski definition) is 5. The molecule has 5 nitrogen and oxygen atoms in total. The summed E-state index contributed by atoms with van der Waals surface area (Å²) in [4.78, 5) is 0. The Balaban J connectivity index is 1.84. The highest BCUT2D eigenvalue weighted by molar-refractivity contribution is 4.87. The van der Waals surface area contributed by atoms with Gasteiger partial charge in [0.1, 0.15) is 24.4 Å². The predicted octanol–water partition coefficient (Wildman–Crippen LogP) is 2.41. The summed E-state index contributed by atoms with van der Waals surface area (Å²) in [6.45, 7) is 3.08. The molecule has 5 heteroatoms. The molecule has 0 radical (unpaired) electrons. The van der Waals surface area contributed by atoms with Crippen LogP contribution in [0.15, 0.2) is 0 Å². The maximum absolute atomic E-state index is 9.88. The van der Waals surface area contributed by atoms with Gasteiger partial charge in [0.2, 0.25) is 0 Å². The van der Waals surface area contributed by atoms with E-state index in [1.54, 1.807) is 0 Å². The van der Waals surface area contributed by atoms with E-state index in [4.69, 9.17) is 9.47 Å². The fourth-order valence-electron chi connectivity index (χ4n) is 2.95. The molecule has 3 N–H and O–H groups in total. The van der Waals surface area contributed by atoms with Crippen molar-refractivity contribution in [3.63, 3.8) is 0 Å². The van der Waals surface area contributed by atoms with Crippen molar-refractivity contribution < 1.29 is 24.8 Å². The van der Waals surface area contributed by atoms with E-state index >= 15 is 0 Å². The van der Waals surface area contributed by atoms with E-state index in [1.807, 2.05) is 0 Å². The molecule has 1 heterocycles. The normalized spacial score (nSPS) is 25.8. The van der Waals surface area contributed by atoms with E-state index in [2.05, 4.69) is 6.92 Å². The van der Waals surface area contributed by atoms with Gasteiger partial charge in [-0.2, -0.15) is 0 Å². The molecule has 1 saturated heterocycles. The van der Waals surface area contributed by atoms with E-state index in [-0.39, 0.29) is 13.2 Å². The first-order chi connectivity index (χ1) is 11.2. The summed E-state index contributed by atoms with van der Waals surface area (Å²) in [7, 11) is 0. The second-order valence-corrected chi connectivity index (χ2v) is 6.68. The van der Waals surface area contributed by atoms with E-state index in [0.29, 0.717) is 6.61 Å². The molecule has 0 bridgehead atoms. The van der Waals surface area contributed by atoms with Gasteiger partial charge >= 0.3 is 0 Å². The largest absolute Gasteiger partial charge is 0.388 e. The van der Waals surface area contributed by atoms with Crippen LogP contribution in [0, 0.1) is 0 Å². The van der Waals surface area contributed by atoms with Gasteiger partial charge in [-0.3, -0.25) is 0 Å². The highest BCUT2D eigenvalue weighted by Crippen LogP contribution is 2.18. The summed E-state index contributed by atoms with van der Waals surface area (Å²) >= 11 is 0. The average Bonchev–Trinajstić information content (AvgIpc) is 2.88. The van der Waals surface area contributed by atoms with Crippen molar-refractivity contribution in [1.82, 2.24) is 0 Å². The molecule has 1 rings (SSSR count). The molecule has 23 heavy (non-hydrogen) atoms. The molecular formula is C18H36O5. The maximum Gasteiger partial charge on any atom is 0.114 e. The lowest BCUT2D eigenvalue weighted by Crippen LogP contribution is -2.40. The van der Waals surface area contributed by atoms with Crippen molar-refractivity contribution in [2.75, 3.05) is 19.8 Å². The van der Waals surface area contributed by atoms with Gasteiger partial charge in [-0.05, 0) is 6.42 Å². The van der Waals surface area contributed by atoms with Crippen molar-refractivity contribution in [2.45, 2.75) is 95.5 Å². The minimum absolute atomic E-state index is 0.0708. The van der Waals surface area contributed by atoms with Gasteiger partial charge in [-0.1, -0.05) is 64.7 Å². The zero-order chi connectivity index (χ0) is 16.9. The Morgan fingerprint density at radius 2 is 1.52 bits per heavy atom. The third-order valence-corrected chi connectivity index (χ3v) is 4.50. The molecule has 0 saturated carbocycles. The van der Waals surface area contributed by atoms with Crippen LogP contribution >= 0.6 is 0 Å². The Bertz CT molecular complexity index is 274. The van der Waals surface area contributed by atoms with E-state index in [1.165, 1.54) is 51.4 Å². The molecule has 0 aromatic carbocycles. The van der Waals surface area contributed by atoms with Gasteiger partial charge in [-0.25, -0.2) is 0 Å². The molecular weight excluding hydrogens is 296 g/mol. The summed E-state index contributed by atoms with van der Waals surface area (Å²) in [6, 6.07) is 0. The lowest BCUT2D eigenvalue weighted by Gasteiger charge is -2.20. The predicted molar refractivity (Wildman–Crippen MR) is 90.4 cm³/mol. The van der Waals surface area contributed by atoms with E-state index in [0.717, 1.165) is 12.8 Å². The second kappa shape index (κ2) is 13.1.